The third-order valence-corrected chi connectivity index (χ3v) is 2.47. The summed E-state index contributed by atoms with van der Waals surface area (Å²) < 4.78 is 9.24. The summed E-state index contributed by atoms with van der Waals surface area (Å²) in [6, 6.07) is 0. The van der Waals surface area contributed by atoms with Gasteiger partial charge in [0.15, 0.2) is 23.0 Å². The maximum Gasteiger partial charge on any atom is 0.416 e. The van der Waals surface area contributed by atoms with Crippen LogP contribution in [0.1, 0.15) is 32.1 Å². The Morgan fingerprint density at radius 2 is 1.82 bits per heavy atom. The largest absolute Gasteiger partial charge is 0.463 e. The van der Waals surface area contributed by atoms with Gasteiger partial charge in [-0.2, -0.15) is 0 Å². The number of carbonyl (C=O) groups excluding carboxylic acids is 2. The van der Waals surface area contributed by atoms with Crippen molar-refractivity contribution in [3.63, 3.8) is 0 Å². The van der Waals surface area contributed by atoms with Crippen LogP contribution < -0.4 is 5.32 Å². The SMILES string of the molecule is C=CC(=O)OCCCCCCCNC(=O)OI. The number of hydrogen-bond donors (Lipinski definition) is 1. The Labute approximate surface area is 116 Å². The number of halogens is 1. The van der Waals surface area contributed by atoms with Crippen molar-refractivity contribution in [2.45, 2.75) is 32.1 Å². The van der Waals surface area contributed by atoms with Crippen LogP contribution in [0.2, 0.25) is 0 Å². The van der Waals surface area contributed by atoms with Crippen molar-refractivity contribution in [1.29, 1.82) is 0 Å². The summed E-state index contributed by atoms with van der Waals surface area (Å²) in [7, 11) is 0. The van der Waals surface area contributed by atoms with Crippen LogP contribution in [0.3, 0.4) is 0 Å². The molecule has 0 saturated carbocycles. The summed E-state index contributed by atoms with van der Waals surface area (Å²) in [5.41, 5.74) is 0. The van der Waals surface area contributed by atoms with Crippen molar-refractivity contribution in [2.75, 3.05) is 13.2 Å². The molecule has 98 valence electrons. The zero-order valence-electron chi connectivity index (χ0n) is 9.75. The van der Waals surface area contributed by atoms with Crippen molar-refractivity contribution < 1.29 is 17.4 Å². The molecule has 0 aliphatic carbocycles. The number of amides is 1. The molecule has 0 spiro atoms. The zero-order chi connectivity index (χ0) is 12.9. The predicted molar refractivity (Wildman–Crippen MR) is 72.7 cm³/mol. The van der Waals surface area contributed by atoms with E-state index in [-0.39, 0.29) is 5.97 Å². The van der Waals surface area contributed by atoms with Crippen molar-refractivity contribution in [3.8, 4) is 0 Å². The molecular formula is C11H18INO4. The van der Waals surface area contributed by atoms with Crippen LogP contribution >= 0.6 is 23.0 Å². The molecule has 0 rings (SSSR count). The molecular weight excluding hydrogens is 337 g/mol. The summed E-state index contributed by atoms with van der Waals surface area (Å²) in [5.74, 6) is -0.369. The highest BCUT2D eigenvalue weighted by Crippen LogP contribution is 2.03. The standard InChI is InChI=1S/C11H18INO4/c1-2-10(14)16-9-7-5-3-4-6-8-13-11(15)17-12/h2H,1,3-9H2,(H,13,15). The summed E-state index contributed by atoms with van der Waals surface area (Å²) in [6.45, 7) is 4.39. The highest BCUT2D eigenvalue weighted by Gasteiger charge is 1.98. The second kappa shape index (κ2) is 11.7. The maximum absolute atomic E-state index is 10.7. The molecule has 0 bridgehead atoms. The molecule has 0 aliphatic rings. The van der Waals surface area contributed by atoms with Crippen LogP contribution in [0.15, 0.2) is 12.7 Å². The average molecular weight is 355 g/mol. The number of nitrogens with one attached hydrogen (secondary N) is 1. The Morgan fingerprint density at radius 3 is 2.47 bits per heavy atom. The first-order valence-corrected chi connectivity index (χ1v) is 6.44. The number of hydrogen-bond acceptors (Lipinski definition) is 4. The smallest absolute Gasteiger partial charge is 0.416 e. The van der Waals surface area contributed by atoms with Crippen molar-refractivity contribution in [3.05, 3.63) is 12.7 Å². The number of unbranched alkanes of at least 4 members (excludes halogenated alkanes) is 4. The van der Waals surface area contributed by atoms with E-state index in [0.29, 0.717) is 13.2 Å². The van der Waals surface area contributed by atoms with Gasteiger partial charge in [0.25, 0.3) is 0 Å². The first kappa shape index (κ1) is 16.2. The van der Waals surface area contributed by atoms with Gasteiger partial charge in [0, 0.05) is 12.6 Å². The monoisotopic (exact) mass is 355 g/mol. The van der Waals surface area contributed by atoms with E-state index in [2.05, 4.69) is 15.0 Å². The molecule has 0 atom stereocenters. The van der Waals surface area contributed by atoms with Crippen LogP contribution in [0, 0.1) is 0 Å². The molecule has 0 fully saturated rings. The fourth-order valence-corrected chi connectivity index (χ4v) is 1.36. The molecule has 0 aromatic heterocycles. The Bertz CT molecular complexity index is 246. The quantitative estimate of drug-likeness (QED) is 0.299. The van der Waals surface area contributed by atoms with Crippen LogP contribution in [0.4, 0.5) is 4.79 Å². The molecule has 0 aromatic carbocycles. The lowest BCUT2D eigenvalue weighted by molar-refractivity contribution is -0.137. The van der Waals surface area contributed by atoms with E-state index < -0.39 is 6.09 Å². The number of rotatable bonds is 9. The number of esters is 1. The second-order valence-electron chi connectivity index (χ2n) is 3.43. The minimum absolute atomic E-state index is 0.369. The Hall–Kier alpha value is -0.790. The number of ether oxygens (including phenoxy) is 1. The van der Waals surface area contributed by atoms with Gasteiger partial charge in [-0.1, -0.05) is 25.8 Å². The molecule has 1 N–H and O–H groups in total. The third kappa shape index (κ3) is 11.5. The highest BCUT2D eigenvalue weighted by molar-refractivity contribution is 14.1. The highest BCUT2D eigenvalue weighted by atomic mass is 127. The predicted octanol–water partition coefficient (Wildman–Crippen LogP) is 2.74. The van der Waals surface area contributed by atoms with E-state index in [9.17, 15) is 9.59 Å². The van der Waals surface area contributed by atoms with Crippen LogP contribution in [-0.2, 0) is 12.6 Å². The van der Waals surface area contributed by atoms with Gasteiger partial charge in [-0.15, -0.1) is 0 Å². The third-order valence-electron chi connectivity index (χ3n) is 2.07. The van der Waals surface area contributed by atoms with E-state index in [0.717, 1.165) is 38.2 Å². The molecule has 5 nitrogen and oxygen atoms in total. The van der Waals surface area contributed by atoms with Gasteiger partial charge in [0.1, 0.15) is 0 Å². The Balaban J connectivity index is 3.11. The lowest BCUT2D eigenvalue weighted by atomic mass is 10.1. The van der Waals surface area contributed by atoms with Gasteiger partial charge in [-0.05, 0) is 12.8 Å². The Kier molecular flexibility index (Phi) is 11.1. The average Bonchev–Trinajstić information content (AvgIpc) is 2.35. The molecule has 0 saturated heterocycles. The Morgan fingerprint density at radius 1 is 1.18 bits per heavy atom. The van der Waals surface area contributed by atoms with Crippen molar-refractivity contribution in [2.24, 2.45) is 0 Å². The summed E-state index contributed by atoms with van der Waals surface area (Å²) >= 11 is 1.54. The minimum Gasteiger partial charge on any atom is -0.463 e. The van der Waals surface area contributed by atoms with Crippen molar-refractivity contribution in [1.82, 2.24) is 5.32 Å². The van der Waals surface area contributed by atoms with Gasteiger partial charge in [-0.25, -0.2) is 9.59 Å². The molecule has 0 aliphatic heterocycles. The van der Waals surface area contributed by atoms with Crippen LogP contribution in [-0.4, -0.2) is 25.2 Å². The lowest BCUT2D eigenvalue weighted by Crippen LogP contribution is -2.22. The fourth-order valence-electron chi connectivity index (χ4n) is 1.21. The maximum atomic E-state index is 10.7. The lowest BCUT2D eigenvalue weighted by Gasteiger charge is -2.03. The van der Waals surface area contributed by atoms with E-state index in [1.807, 2.05) is 0 Å². The van der Waals surface area contributed by atoms with E-state index in [1.165, 1.54) is 0 Å². The number of carbonyl (C=O) groups is 2. The second-order valence-corrected chi connectivity index (χ2v) is 3.87. The van der Waals surface area contributed by atoms with Gasteiger partial charge < -0.3 is 13.1 Å². The molecule has 0 heterocycles. The topological polar surface area (TPSA) is 64.6 Å². The minimum atomic E-state index is -0.401. The van der Waals surface area contributed by atoms with Crippen LogP contribution in [0.25, 0.3) is 0 Å². The normalized spacial score (nSPS) is 9.47. The molecule has 17 heavy (non-hydrogen) atoms. The van der Waals surface area contributed by atoms with Gasteiger partial charge >= 0.3 is 12.1 Å². The van der Waals surface area contributed by atoms with Gasteiger partial charge in [0.2, 0.25) is 0 Å². The first-order valence-electron chi connectivity index (χ1n) is 5.56. The van der Waals surface area contributed by atoms with E-state index >= 15 is 0 Å². The van der Waals surface area contributed by atoms with Gasteiger partial charge in [-0.3, -0.25) is 0 Å². The molecule has 0 aromatic rings. The van der Waals surface area contributed by atoms with Crippen LogP contribution in [0.5, 0.6) is 0 Å². The van der Waals surface area contributed by atoms with E-state index in [1.54, 1.807) is 23.0 Å². The summed E-state index contributed by atoms with van der Waals surface area (Å²) in [5, 5.41) is 2.61. The molecule has 0 unspecified atom stereocenters. The molecule has 0 radical (unpaired) electrons. The first-order chi connectivity index (χ1) is 8.20. The van der Waals surface area contributed by atoms with E-state index in [4.69, 9.17) is 4.74 Å². The van der Waals surface area contributed by atoms with Gasteiger partial charge in [0.05, 0.1) is 6.61 Å². The molecule has 1 amide bonds. The summed E-state index contributed by atoms with van der Waals surface area (Å²) in [6.07, 6.45) is 5.67. The van der Waals surface area contributed by atoms with Crippen molar-refractivity contribution >= 4 is 35.1 Å². The summed E-state index contributed by atoms with van der Waals surface area (Å²) in [4.78, 5) is 21.4. The zero-order valence-corrected chi connectivity index (χ0v) is 11.9. The molecule has 6 heteroatoms. The fraction of sp³-hybridized carbons (Fsp3) is 0.636.